The Bertz CT molecular complexity index is 418. The fourth-order valence-electron chi connectivity index (χ4n) is 0.960. The number of rotatable bonds is 2. The van der Waals surface area contributed by atoms with E-state index in [0.29, 0.717) is 0 Å². The van der Waals surface area contributed by atoms with Crippen LogP contribution in [0.15, 0.2) is 6.07 Å². The highest BCUT2D eigenvalue weighted by atomic mass is 35.5. The van der Waals surface area contributed by atoms with Crippen molar-refractivity contribution in [3.63, 3.8) is 0 Å². The highest BCUT2D eigenvalue weighted by molar-refractivity contribution is 6.29. The average molecular weight is 260 g/mol. The van der Waals surface area contributed by atoms with E-state index in [-0.39, 0.29) is 17.0 Å². The molecule has 0 atom stereocenters. The van der Waals surface area contributed by atoms with E-state index in [0.717, 1.165) is 0 Å². The molecule has 0 aliphatic rings. The third-order valence-electron chi connectivity index (χ3n) is 1.49. The Morgan fingerprint density at radius 2 is 2.06 bits per heavy atom. The number of hydrogen-bond acceptors (Lipinski definition) is 5. The number of aromatic nitrogens is 2. The van der Waals surface area contributed by atoms with Crippen molar-refractivity contribution in [2.45, 2.75) is 26.4 Å². The number of nitrogens with one attached hydrogen (secondary N) is 1. The van der Waals surface area contributed by atoms with Crippen LogP contribution in [0.1, 0.15) is 20.8 Å². The van der Waals surface area contributed by atoms with Gasteiger partial charge in [0, 0.05) is 6.07 Å². The molecule has 17 heavy (non-hydrogen) atoms. The van der Waals surface area contributed by atoms with Crippen LogP contribution in [-0.4, -0.2) is 28.8 Å². The maximum atomic E-state index is 11.5. The summed E-state index contributed by atoms with van der Waals surface area (Å²) in [4.78, 5) is 19.1. The van der Waals surface area contributed by atoms with Crippen molar-refractivity contribution < 1.29 is 14.3 Å². The van der Waals surface area contributed by atoms with Crippen LogP contribution in [0.25, 0.3) is 0 Å². The van der Waals surface area contributed by atoms with Crippen LogP contribution in [0, 0.1) is 0 Å². The van der Waals surface area contributed by atoms with Crippen molar-refractivity contribution in [2.24, 2.45) is 0 Å². The Hall–Kier alpha value is -1.56. The van der Waals surface area contributed by atoms with Crippen LogP contribution in [0.5, 0.6) is 6.01 Å². The van der Waals surface area contributed by atoms with E-state index in [9.17, 15) is 4.79 Å². The van der Waals surface area contributed by atoms with Crippen LogP contribution in [0.4, 0.5) is 10.6 Å². The van der Waals surface area contributed by atoms with Gasteiger partial charge in [-0.1, -0.05) is 11.6 Å². The largest absolute Gasteiger partial charge is 0.467 e. The second kappa shape index (κ2) is 5.18. The molecule has 1 rings (SSSR count). The molecule has 0 saturated carbocycles. The summed E-state index contributed by atoms with van der Waals surface area (Å²) in [6.07, 6.45) is -0.616. The summed E-state index contributed by atoms with van der Waals surface area (Å²) < 4.78 is 9.88. The van der Waals surface area contributed by atoms with Crippen LogP contribution in [0.3, 0.4) is 0 Å². The smallest absolute Gasteiger partial charge is 0.413 e. The molecule has 6 nitrogen and oxygen atoms in total. The lowest BCUT2D eigenvalue weighted by molar-refractivity contribution is 0.0635. The number of carbonyl (C=O) groups excluding carboxylic acids is 1. The van der Waals surface area contributed by atoms with E-state index >= 15 is 0 Å². The zero-order valence-electron chi connectivity index (χ0n) is 10.1. The summed E-state index contributed by atoms with van der Waals surface area (Å²) in [5.74, 6) is 0.219. The van der Waals surface area contributed by atoms with Crippen LogP contribution in [0.2, 0.25) is 5.15 Å². The molecule has 0 unspecified atom stereocenters. The first-order valence-electron chi connectivity index (χ1n) is 4.89. The minimum absolute atomic E-state index is 0.0727. The molecule has 0 fully saturated rings. The first-order chi connectivity index (χ1) is 7.80. The lowest BCUT2D eigenvalue weighted by Gasteiger charge is -2.19. The molecule has 0 aromatic carbocycles. The number of ether oxygens (including phenoxy) is 2. The van der Waals surface area contributed by atoms with Crippen LogP contribution in [-0.2, 0) is 4.74 Å². The normalized spacial score (nSPS) is 10.9. The highest BCUT2D eigenvalue weighted by Crippen LogP contribution is 2.16. The summed E-state index contributed by atoms with van der Waals surface area (Å²) in [5.41, 5.74) is -0.578. The molecule has 0 radical (unpaired) electrons. The average Bonchev–Trinajstić information content (AvgIpc) is 2.13. The Morgan fingerprint density at radius 1 is 1.41 bits per heavy atom. The molecule has 1 heterocycles. The van der Waals surface area contributed by atoms with Gasteiger partial charge in [-0.25, -0.2) is 4.79 Å². The fourth-order valence-corrected chi connectivity index (χ4v) is 1.14. The minimum Gasteiger partial charge on any atom is -0.467 e. The van der Waals surface area contributed by atoms with Gasteiger partial charge in [-0.15, -0.1) is 0 Å². The van der Waals surface area contributed by atoms with Gasteiger partial charge in [-0.2, -0.15) is 9.97 Å². The van der Waals surface area contributed by atoms with Crippen molar-refractivity contribution in [2.75, 3.05) is 12.4 Å². The number of halogens is 1. The molecule has 0 bridgehead atoms. The second-order valence-electron chi connectivity index (χ2n) is 4.19. The SMILES string of the molecule is COc1nc(Cl)cc(NC(=O)OC(C)(C)C)n1. The second-order valence-corrected chi connectivity index (χ2v) is 4.58. The lowest BCUT2D eigenvalue weighted by Crippen LogP contribution is -2.27. The Morgan fingerprint density at radius 3 is 2.59 bits per heavy atom. The van der Waals surface area contributed by atoms with Crippen molar-refractivity contribution >= 4 is 23.5 Å². The number of amides is 1. The number of nitrogens with zero attached hydrogens (tertiary/aromatic N) is 2. The molecule has 0 saturated heterocycles. The summed E-state index contributed by atoms with van der Waals surface area (Å²) >= 11 is 5.72. The topological polar surface area (TPSA) is 73.3 Å². The summed E-state index contributed by atoms with van der Waals surface area (Å²) in [5, 5.41) is 2.61. The van der Waals surface area contributed by atoms with Gasteiger partial charge >= 0.3 is 12.1 Å². The highest BCUT2D eigenvalue weighted by Gasteiger charge is 2.17. The predicted molar refractivity (Wildman–Crippen MR) is 63.5 cm³/mol. The van der Waals surface area contributed by atoms with Gasteiger partial charge in [-0.05, 0) is 20.8 Å². The summed E-state index contributed by atoms with van der Waals surface area (Å²) in [7, 11) is 1.41. The lowest BCUT2D eigenvalue weighted by atomic mass is 10.2. The monoisotopic (exact) mass is 259 g/mol. The van der Waals surface area contributed by atoms with E-state index in [2.05, 4.69) is 15.3 Å². The third kappa shape index (κ3) is 4.86. The zero-order valence-corrected chi connectivity index (χ0v) is 10.8. The first kappa shape index (κ1) is 13.5. The quantitative estimate of drug-likeness (QED) is 0.826. The zero-order chi connectivity index (χ0) is 13.1. The van der Waals surface area contributed by atoms with Crippen molar-refractivity contribution in [1.82, 2.24) is 9.97 Å². The number of carbonyl (C=O) groups is 1. The van der Waals surface area contributed by atoms with Gasteiger partial charge in [-0.3, -0.25) is 5.32 Å². The van der Waals surface area contributed by atoms with Gasteiger partial charge in [0.2, 0.25) is 0 Å². The van der Waals surface area contributed by atoms with Crippen molar-refractivity contribution in [3.05, 3.63) is 11.2 Å². The maximum absolute atomic E-state index is 11.5. The molecule has 1 amide bonds. The molecular weight excluding hydrogens is 246 g/mol. The Kier molecular flexibility index (Phi) is 4.11. The van der Waals surface area contributed by atoms with Crippen LogP contribution >= 0.6 is 11.6 Å². The molecule has 0 aliphatic carbocycles. The summed E-state index contributed by atoms with van der Waals surface area (Å²) in [6.45, 7) is 5.29. The molecule has 0 aliphatic heterocycles. The van der Waals surface area contributed by atoms with Crippen molar-refractivity contribution in [3.8, 4) is 6.01 Å². The Labute approximate surface area is 104 Å². The molecule has 94 valence electrons. The predicted octanol–water partition coefficient (Wildman–Crippen LogP) is 2.49. The Balaban J connectivity index is 2.74. The minimum atomic E-state index is -0.616. The molecule has 1 aromatic heterocycles. The van der Waals surface area contributed by atoms with E-state index in [1.165, 1.54) is 13.2 Å². The van der Waals surface area contributed by atoms with E-state index in [4.69, 9.17) is 21.1 Å². The first-order valence-corrected chi connectivity index (χ1v) is 5.26. The maximum Gasteiger partial charge on any atom is 0.413 e. The number of methoxy groups -OCH3 is 1. The number of hydrogen-bond donors (Lipinski definition) is 1. The number of anilines is 1. The van der Waals surface area contributed by atoms with E-state index in [1.807, 2.05) is 0 Å². The van der Waals surface area contributed by atoms with Gasteiger partial charge in [0.15, 0.2) is 0 Å². The molecular formula is C10H14ClN3O3. The van der Waals surface area contributed by atoms with Gasteiger partial charge in [0.25, 0.3) is 0 Å². The van der Waals surface area contributed by atoms with Gasteiger partial charge < -0.3 is 9.47 Å². The van der Waals surface area contributed by atoms with Crippen molar-refractivity contribution in [1.29, 1.82) is 0 Å². The molecule has 1 aromatic rings. The van der Waals surface area contributed by atoms with E-state index < -0.39 is 11.7 Å². The molecule has 7 heteroatoms. The summed E-state index contributed by atoms with van der Waals surface area (Å²) in [6, 6.07) is 1.47. The molecule has 1 N–H and O–H groups in total. The van der Waals surface area contributed by atoms with Gasteiger partial charge in [0.1, 0.15) is 16.6 Å². The standard InChI is InChI=1S/C10H14ClN3O3/c1-10(2,3)17-9(15)14-7-5-6(11)12-8(13-7)16-4/h5H,1-4H3,(H,12,13,14,15). The molecule has 0 spiro atoms. The fraction of sp³-hybridized carbons (Fsp3) is 0.500. The van der Waals surface area contributed by atoms with Gasteiger partial charge in [0.05, 0.1) is 7.11 Å². The van der Waals surface area contributed by atoms with E-state index in [1.54, 1.807) is 20.8 Å². The van der Waals surface area contributed by atoms with Crippen LogP contribution < -0.4 is 10.1 Å². The third-order valence-corrected chi connectivity index (χ3v) is 1.68.